The number of aliphatic imine (C=N–C) groups is 1. The van der Waals surface area contributed by atoms with Crippen LogP contribution in [0.15, 0.2) is 29.3 Å². The SMILES string of the molecule is CCCCN(C)C(=NC)NCCOc1cccc(NC(C)=O)c1.I. The molecule has 136 valence electrons. The second-order valence-corrected chi connectivity index (χ2v) is 5.31. The number of carbonyl (C=O) groups excluding carboxylic acids is 1. The van der Waals surface area contributed by atoms with E-state index in [1.54, 1.807) is 7.05 Å². The predicted octanol–water partition coefficient (Wildman–Crippen LogP) is 2.95. The van der Waals surface area contributed by atoms with Crippen molar-refractivity contribution < 1.29 is 9.53 Å². The molecule has 0 unspecified atom stereocenters. The van der Waals surface area contributed by atoms with Gasteiger partial charge in [-0.1, -0.05) is 19.4 Å². The number of carbonyl (C=O) groups is 1. The minimum absolute atomic E-state index is 0. The summed E-state index contributed by atoms with van der Waals surface area (Å²) in [5.74, 6) is 1.50. The van der Waals surface area contributed by atoms with E-state index < -0.39 is 0 Å². The van der Waals surface area contributed by atoms with Crippen molar-refractivity contribution in [1.82, 2.24) is 10.2 Å². The molecule has 7 heteroatoms. The normalized spacial score (nSPS) is 10.6. The third-order valence-electron chi connectivity index (χ3n) is 3.23. The molecular formula is C17H29IN4O2. The summed E-state index contributed by atoms with van der Waals surface area (Å²) >= 11 is 0. The topological polar surface area (TPSA) is 66.0 Å². The first-order valence-corrected chi connectivity index (χ1v) is 7.99. The number of benzene rings is 1. The molecule has 1 rings (SSSR count). The van der Waals surface area contributed by atoms with E-state index in [4.69, 9.17) is 4.74 Å². The number of hydrogen-bond donors (Lipinski definition) is 2. The molecule has 24 heavy (non-hydrogen) atoms. The number of hydrogen-bond acceptors (Lipinski definition) is 3. The van der Waals surface area contributed by atoms with Crippen LogP contribution in [0.3, 0.4) is 0 Å². The van der Waals surface area contributed by atoms with E-state index in [0.717, 1.165) is 36.8 Å². The number of amides is 1. The Labute approximate surface area is 162 Å². The van der Waals surface area contributed by atoms with E-state index >= 15 is 0 Å². The maximum absolute atomic E-state index is 11.1. The van der Waals surface area contributed by atoms with E-state index in [9.17, 15) is 4.79 Å². The minimum atomic E-state index is -0.0947. The molecule has 0 aliphatic carbocycles. The molecule has 0 radical (unpaired) electrons. The first kappa shape index (κ1) is 22.5. The van der Waals surface area contributed by atoms with Gasteiger partial charge in [0.15, 0.2) is 5.96 Å². The standard InChI is InChI=1S/C17H28N4O2.HI/c1-5-6-11-21(4)17(18-3)19-10-12-23-16-9-7-8-15(13-16)20-14(2)22;/h7-9,13H,5-6,10-12H2,1-4H3,(H,18,19)(H,20,22);1H. The van der Waals surface area contributed by atoms with Crippen LogP contribution in [-0.4, -0.2) is 50.6 Å². The molecule has 0 saturated carbocycles. The van der Waals surface area contributed by atoms with Gasteiger partial charge < -0.3 is 20.3 Å². The first-order chi connectivity index (χ1) is 11.1. The summed E-state index contributed by atoms with van der Waals surface area (Å²) < 4.78 is 5.70. The molecule has 0 aliphatic heterocycles. The molecule has 0 aromatic heterocycles. The summed E-state index contributed by atoms with van der Waals surface area (Å²) in [6, 6.07) is 7.36. The van der Waals surface area contributed by atoms with Gasteiger partial charge in [0.1, 0.15) is 12.4 Å². The Morgan fingerprint density at radius 1 is 1.38 bits per heavy atom. The third-order valence-corrected chi connectivity index (χ3v) is 3.23. The zero-order chi connectivity index (χ0) is 17.1. The van der Waals surface area contributed by atoms with E-state index in [0.29, 0.717) is 13.2 Å². The molecule has 0 atom stereocenters. The number of halogens is 1. The van der Waals surface area contributed by atoms with Crippen molar-refractivity contribution in [2.75, 3.05) is 39.1 Å². The Morgan fingerprint density at radius 3 is 2.75 bits per heavy atom. The van der Waals surface area contributed by atoms with E-state index in [1.807, 2.05) is 31.3 Å². The smallest absolute Gasteiger partial charge is 0.221 e. The number of anilines is 1. The molecule has 0 fully saturated rings. The zero-order valence-electron chi connectivity index (χ0n) is 15.0. The van der Waals surface area contributed by atoms with Crippen LogP contribution in [-0.2, 0) is 4.79 Å². The summed E-state index contributed by atoms with van der Waals surface area (Å²) in [7, 11) is 3.81. The van der Waals surface area contributed by atoms with Crippen molar-refractivity contribution in [3.8, 4) is 5.75 Å². The van der Waals surface area contributed by atoms with Crippen molar-refractivity contribution in [1.29, 1.82) is 0 Å². The molecule has 0 aliphatic rings. The summed E-state index contributed by atoms with van der Waals surface area (Å²) in [4.78, 5) is 17.4. The maximum atomic E-state index is 11.1. The quantitative estimate of drug-likeness (QED) is 0.278. The molecule has 0 bridgehead atoms. The van der Waals surface area contributed by atoms with Gasteiger partial charge in [0, 0.05) is 39.3 Å². The van der Waals surface area contributed by atoms with Crippen molar-refractivity contribution in [2.45, 2.75) is 26.7 Å². The lowest BCUT2D eigenvalue weighted by Gasteiger charge is -2.21. The Hall–Kier alpha value is -1.51. The number of nitrogens with one attached hydrogen (secondary N) is 2. The predicted molar refractivity (Wildman–Crippen MR) is 111 cm³/mol. The number of guanidine groups is 1. The summed E-state index contributed by atoms with van der Waals surface area (Å²) in [5, 5.41) is 6.01. The van der Waals surface area contributed by atoms with Crippen molar-refractivity contribution in [2.24, 2.45) is 4.99 Å². The lowest BCUT2D eigenvalue weighted by atomic mass is 10.3. The molecule has 0 spiro atoms. The van der Waals surface area contributed by atoms with Crippen LogP contribution < -0.4 is 15.4 Å². The highest BCUT2D eigenvalue weighted by Gasteiger charge is 2.04. The minimum Gasteiger partial charge on any atom is -0.492 e. The lowest BCUT2D eigenvalue weighted by Crippen LogP contribution is -2.41. The number of nitrogens with zero attached hydrogens (tertiary/aromatic N) is 2. The van der Waals surface area contributed by atoms with E-state index in [-0.39, 0.29) is 29.9 Å². The second-order valence-electron chi connectivity index (χ2n) is 5.31. The Bertz CT molecular complexity index is 523. The van der Waals surface area contributed by atoms with Gasteiger partial charge in [0.25, 0.3) is 0 Å². The fraction of sp³-hybridized carbons (Fsp3) is 0.529. The number of rotatable bonds is 8. The van der Waals surface area contributed by atoms with Crippen LogP contribution in [0.25, 0.3) is 0 Å². The van der Waals surface area contributed by atoms with Gasteiger partial charge in [0.2, 0.25) is 5.91 Å². The van der Waals surface area contributed by atoms with Crippen LogP contribution >= 0.6 is 24.0 Å². The number of ether oxygens (including phenoxy) is 1. The molecule has 1 amide bonds. The molecule has 1 aromatic carbocycles. The highest BCUT2D eigenvalue weighted by Crippen LogP contribution is 2.16. The molecule has 2 N–H and O–H groups in total. The first-order valence-electron chi connectivity index (χ1n) is 7.99. The van der Waals surface area contributed by atoms with Gasteiger partial charge in [-0.3, -0.25) is 9.79 Å². The van der Waals surface area contributed by atoms with Crippen LogP contribution in [0.5, 0.6) is 5.75 Å². The third kappa shape index (κ3) is 8.95. The van der Waals surface area contributed by atoms with Gasteiger partial charge in [-0.05, 0) is 18.6 Å². The Morgan fingerprint density at radius 2 is 2.12 bits per heavy atom. The van der Waals surface area contributed by atoms with Gasteiger partial charge >= 0.3 is 0 Å². The van der Waals surface area contributed by atoms with Gasteiger partial charge in [-0.15, -0.1) is 24.0 Å². The van der Waals surface area contributed by atoms with Crippen molar-refractivity contribution in [3.05, 3.63) is 24.3 Å². The summed E-state index contributed by atoms with van der Waals surface area (Å²) in [6.07, 6.45) is 2.30. The summed E-state index contributed by atoms with van der Waals surface area (Å²) in [5.41, 5.74) is 0.734. The number of unbranched alkanes of at least 4 members (excludes halogenated alkanes) is 1. The Balaban J connectivity index is 0.00000529. The average Bonchev–Trinajstić information content (AvgIpc) is 2.52. The fourth-order valence-electron chi connectivity index (χ4n) is 2.08. The molecule has 1 aromatic rings. The van der Waals surface area contributed by atoms with Crippen molar-refractivity contribution >= 4 is 41.5 Å². The second kappa shape index (κ2) is 12.9. The van der Waals surface area contributed by atoms with Gasteiger partial charge in [0.05, 0.1) is 6.54 Å². The molecule has 0 heterocycles. The van der Waals surface area contributed by atoms with Crippen LogP contribution in [0.1, 0.15) is 26.7 Å². The van der Waals surface area contributed by atoms with Crippen LogP contribution in [0.4, 0.5) is 5.69 Å². The average molecular weight is 448 g/mol. The maximum Gasteiger partial charge on any atom is 0.221 e. The lowest BCUT2D eigenvalue weighted by molar-refractivity contribution is -0.114. The molecule has 0 saturated heterocycles. The molecule has 6 nitrogen and oxygen atoms in total. The fourth-order valence-corrected chi connectivity index (χ4v) is 2.08. The monoisotopic (exact) mass is 448 g/mol. The highest BCUT2D eigenvalue weighted by molar-refractivity contribution is 14.0. The molecular weight excluding hydrogens is 419 g/mol. The highest BCUT2D eigenvalue weighted by atomic mass is 127. The van der Waals surface area contributed by atoms with Crippen LogP contribution in [0, 0.1) is 0 Å². The van der Waals surface area contributed by atoms with Gasteiger partial charge in [-0.2, -0.15) is 0 Å². The van der Waals surface area contributed by atoms with Gasteiger partial charge in [-0.25, -0.2) is 0 Å². The van der Waals surface area contributed by atoms with Crippen LogP contribution in [0.2, 0.25) is 0 Å². The largest absolute Gasteiger partial charge is 0.492 e. The summed E-state index contributed by atoms with van der Waals surface area (Å²) in [6.45, 7) is 5.82. The van der Waals surface area contributed by atoms with E-state index in [1.165, 1.54) is 6.92 Å². The Kier molecular flexibility index (Phi) is 12.0. The zero-order valence-corrected chi connectivity index (χ0v) is 17.3. The van der Waals surface area contributed by atoms with E-state index in [2.05, 4.69) is 27.4 Å². The van der Waals surface area contributed by atoms with Crippen molar-refractivity contribution in [3.63, 3.8) is 0 Å².